The molecule has 0 N–H and O–H groups in total. The predicted octanol–water partition coefficient (Wildman–Crippen LogP) is 5.11. The maximum atomic E-state index is 12.6. The molecular weight excluding hydrogens is 456 g/mol. The normalized spacial score (nSPS) is 12.3. The molecule has 0 saturated carbocycles. The van der Waals surface area contributed by atoms with Gasteiger partial charge in [-0.25, -0.2) is 0 Å². The third-order valence-corrected chi connectivity index (χ3v) is 5.41. The second-order valence-corrected chi connectivity index (χ2v) is 8.00. The van der Waals surface area contributed by atoms with E-state index in [1.807, 2.05) is 31.2 Å². The van der Waals surface area contributed by atoms with E-state index in [-0.39, 0.29) is 5.75 Å². The number of hydrogen-bond donors (Lipinski definition) is 0. The summed E-state index contributed by atoms with van der Waals surface area (Å²) in [4.78, 5) is 0. The summed E-state index contributed by atoms with van der Waals surface area (Å²) in [6.45, 7) is 4.89. The van der Waals surface area contributed by atoms with E-state index in [1.165, 1.54) is 6.92 Å². The van der Waals surface area contributed by atoms with E-state index in [1.54, 1.807) is 13.0 Å². The first-order valence-corrected chi connectivity index (χ1v) is 9.31. The molecule has 0 aromatic heterocycles. The second kappa shape index (κ2) is 6.55. The quantitative estimate of drug-likeness (QED) is 0.356. The monoisotopic (exact) mass is 470 g/mol. The Hall–Kier alpha value is -1.29. The molecule has 130 valence electrons. The molecule has 24 heavy (non-hydrogen) atoms. The first-order chi connectivity index (χ1) is 11.0. The minimum absolute atomic E-state index is 0.285. The molecule has 3 nitrogen and oxygen atoms in total. The van der Waals surface area contributed by atoms with Crippen molar-refractivity contribution < 1.29 is 25.8 Å². The third-order valence-electron chi connectivity index (χ3n) is 3.52. The fraction of sp³-hybridized carbons (Fsp3) is 0.250. The lowest BCUT2D eigenvalue weighted by atomic mass is 9.93. The highest BCUT2D eigenvalue weighted by molar-refractivity contribution is 14.1. The molecule has 0 heterocycles. The smallest absolute Gasteiger partial charge is 0.375 e. The lowest BCUT2D eigenvalue weighted by molar-refractivity contribution is -0.0500. The van der Waals surface area contributed by atoms with Gasteiger partial charge in [-0.05, 0) is 71.7 Å². The number of benzene rings is 2. The van der Waals surface area contributed by atoms with E-state index in [9.17, 15) is 21.6 Å². The van der Waals surface area contributed by atoms with Crippen LogP contribution in [0.5, 0.6) is 5.75 Å². The number of hydrogen-bond acceptors (Lipinski definition) is 3. The molecule has 0 saturated heterocycles. The Kier molecular flexibility index (Phi) is 5.19. The van der Waals surface area contributed by atoms with Gasteiger partial charge in [0.25, 0.3) is 0 Å². The zero-order valence-electron chi connectivity index (χ0n) is 13.0. The second-order valence-electron chi connectivity index (χ2n) is 5.30. The molecule has 0 spiro atoms. The van der Waals surface area contributed by atoms with Crippen LogP contribution in [0.15, 0.2) is 30.3 Å². The highest BCUT2D eigenvalue weighted by Crippen LogP contribution is 2.39. The lowest BCUT2D eigenvalue weighted by Gasteiger charge is -2.19. The first-order valence-electron chi connectivity index (χ1n) is 6.82. The number of halogens is 4. The van der Waals surface area contributed by atoms with Gasteiger partial charge in [0.1, 0.15) is 5.75 Å². The van der Waals surface area contributed by atoms with Gasteiger partial charge in [-0.1, -0.05) is 24.3 Å². The minimum Gasteiger partial charge on any atom is -0.375 e. The molecule has 0 amide bonds. The first kappa shape index (κ1) is 19.0. The molecule has 0 fully saturated rings. The van der Waals surface area contributed by atoms with Gasteiger partial charge in [0, 0.05) is 9.13 Å². The average Bonchev–Trinajstić information content (AvgIpc) is 2.44. The Balaban J connectivity index is 2.69. The Labute approximate surface area is 152 Å². The van der Waals surface area contributed by atoms with E-state index in [0.29, 0.717) is 16.7 Å². The van der Waals surface area contributed by atoms with Crippen molar-refractivity contribution in [3.05, 3.63) is 50.6 Å². The van der Waals surface area contributed by atoms with Crippen LogP contribution in [0.2, 0.25) is 0 Å². The van der Waals surface area contributed by atoms with Gasteiger partial charge in [-0.3, -0.25) is 0 Å². The van der Waals surface area contributed by atoms with Gasteiger partial charge in [0.2, 0.25) is 0 Å². The summed E-state index contributed by atoms with van der Waals surface area (Å²) in [5, 5.41) is 0. The van der Waals surface area contributed by atoms with Crippen LogP contribution < -0.4 is 4.18 Å². The highest BCUT2D eigenvalue weighted by atomic mass is 127. The summed E-state index contributed by atoms with van der Waals surface area (Å²) in [6, 6.07) is 8.96. The zero-order valence-corrected chi connectivity index (χ0v) is 16.0. The van der Waals surface area contributed by atoms with Crippen LogP contribution in [0.3, 0.4) is 0 Å². The Morgan fingerprint density at radius 1 is 1.04 bits per heavy atom. The van der Waals surface area contributed by atoms with E-state index < -0.39 is 15.6 Å². The molecular formula is C16H14F3IO3S. The molecule has 0 aliphatic rings. The Morgan fingerprint density at radius 2 is 1.62 bits per heavy atom. The van der Waals surface area contributed by atoms with Crippen molar-refractivity contribution in [2.24, 2.45) is 0 Å². The van der Waals surface area contributed by atoms with Crippen molar-refractivity contribution in [1.29, 1.82) is 0 Å². The van der Waals surface area contributed by atoms with Crippen molar-refractivity contribution in [1.82, 2.24) is 0 Å². The number of alkyl halides is 3. The summed E-state index contributed by atoms with van der Waals surface area (Å²) in [7, 11) is -5.72. The van der Waals surface area contributed by atoms with Crippen LogP contribution in [-0.2, 0) is 10.1 Å². The Bertz CT molecular complexity index is 890. The summed E-state index contributed by atoms with van der Waals surface area (Å²) >= 11 is 2.12. The molecule has 0 radical (unpaired) electrons. The largest absolute Gasteiger partial charge is 0.534 e. The average molecular weight is 470 g/mol. The van der Waals surface area contributed by atoms with Crippen LogP contribution in [0, 0.1) is 24.3 Å². The molecule has 2 rings (SSSR count). The molecule has 2 aromatic rings. The molecule has 2 aromatic carbocycles. The highest BCUT2D eigenvalue weighted by Gasteiger charge is 2.49. The SMILES string of the molecule is Cc1cc(C)c(-c2ccccc2I)c(C)c1OS(=O)(=O)C(F)(F)F. The lowest BCUT2D eigenvalue weighted by Crippen LogP contribution is -2.28. The van der Waals surface area contributed by atoms with E-state index in [0.717, 1.165) is 14.7 Å². The number of rotatable bonds is 3. The molecule has 0 aliphatic heterocycles. The molecule has 8 heteroatoms. The van der Waals surface area contributed by atoms with Gasteiger partial charge in [-0.15, -0.1) is 0 Å². The van der Waals surface area contributed by atoms with E-state index >= 15 is 0 Å². The minimum atomic E-state index is -5.72. The van der Waals surface area contributed by atoms with Crippen LogP contribution in [0.25, 0.3) is 11.1 Å². The predicted molar refractivity (Wildman–Crippen MR) is 94.4 cm³/mol. The van der Waals surface area contributed by atoms with Gasteiger partial charge < -0.3 is 4.18 Å². The fourth-order valence-corrected chi connectivity index (χ4v) is 3.76. The summed E-state index contributed by atoms with van der Waals surface area (Å²) in [6.07, 6.45) is 0. The summed E-state index contributed by atoms with van der Waals surface area (Å²) in [5.41, 5.74) is -2.50. The summed E-state index contributed by atoms with van der Waals surface area (Å²) < 4.78 is 66.0. The maximum absolute atomic E-state index is 12.6. The van der Waals surface area contributed by atoms with Crippen molar-refractivity contribution in [3.63, 3.8) is 0 Å². The molecule has 0 aliphatic carbocycles. The van der Waals surface area contributed by atoms with Crippen LogP contribution in [0.1, 0.15) is 16.7 Å². The van der Waals surface area contributed by atoms with Crippen molar-refractivity contribution in [3.8, 4) is 16.9 Å². The topological polar surface area (TPSA) is 43.4 Å². The van der Waals surface area contributed by atoms with E-state index in [2.05, 4.69) is 26.8 Å². The summed E-state index contributed by atoms with van der Waals surface area (Å²) in [5.74, 6) is -0.285. The molecule has 0 bridgehead atoms. The van der Waals surface area contributed by atoms with Crippen LogP contribution >= 0.6 is 22.6 Å². The Morgan fingerprint density at radius 3 is 2.17 bits per heavy atom. The van der Waals surface area contributed by atoms with Gasteiger partial charge in [0.15, 0.2) is 0 Å². The van der Waals surface area contributed by atoms with Gasteiger partial charge >= 0.3 is 15.6 Å². The zero-order chi connectivity index (χ0) is 18.3. The van der Waals surface area contributed by atoms with Crippen molar-refractivity contribution in [2.45, 2.75) is 26.3 Å². The third kappa shape index (κ3) is 3.53. The number of aryl methyl sites for hydroxylation is 2. The van der Waals surface area contributed by atoms with Crippen LogP contribution in [0.4, 0.5) is 13.2 Å². The van der Waals surface area contributed by atoms with Crippen LogP contribution in [-0.4, -0.2) is 13.9 Å². The molecule has 0 unspecified atom stereocenters. The molecule has 0 atom stereocenters. The maximum Gasteiger partial charge on any atom is 0.534 e. The van der Waals surface area contributed by atoms with Crippen molar-refractivity contribution in [2.75, 3.05) is 0 Å². The van der Waals surface area contributed by atoms with Crippen molar-refractivity contribution >= 4 is 32.7 Å². The van der Waals surface area contributed by atoms with Gasteiger partial charge in [0.05, 0.1) is 0 Å². The van der Waals surface area contributed by atoms with E-state index in [4.69, 9.17) is 0 Å². The fourth-order valence-electron chi connectivity index (χ4n) is 2.53. The van der Waals surface area contributed by atoms with Gasteiger partial charge in [-0.2, -0.15) is 21.6 Å². The standard InChI is InChI=1S/C16H14F3IO3S/c1-9-8-10(2)15(23-24(21,22)16(17,18)19)11(3)14(9)12-6-4-5-7-13(12)20/h4-8H,1-3H3.